The second kappa shape index (κ2) is 4.01. The van der Waals surface area contributed by atoms with Gasteiger partial charge >= 0.3 is 0 Å². The molecule has 1 N–H and O–H groups in total. The van der Waals surface area contributed by atoms with Crippen molar-refractivity contribution in [2.24, 2.45) is 0 Å². The standard InChI is InChI=1S/C12H14FNO/c1-8-5-6-10(11(13)7-8)12(15)14-9-3-2-4-9/h5-7,9H,2-4H2,1H3,(H,14,15). The molecule has 0 atom stereocenters. The number of nitrogens with one attached hydrogen (secondary N) is 1. The zero-order valence-electron chi connectivity index (χ0n) is 8.72. The maximum Gasteiger partial charge on any atom is 0.254 e. The van der Waals surface area contributed by atoms with Crippen LogP contribution >= 0.6 is 0 Å². The Kier molecular flexibility index (Phi) is 2.71. The predicted molar refractivity (Wildman–Crippen MR) is 56.2 cm³/mol. The lowest BCUT2D eigenvalue weighted by Gasteiger charge is -2.26. The molecule has 1 aromatic carbocycles. The molecule has 1 aliphatic rings. The Morgan fingerprint density at radius 1 is 1.47 bits per heavy atom. The van der Waals surface area contributed by atoms with Gasteiger partial charge in [0.05, 0.1) is 5.56 Å². The summed E-state index contributed by atoms with van der Waals surface area (Å²) < 4.78 is 13.4. The minimum Gasteiger partial charge on any atom is -0.349 e. The molecule has 1 amide bonds. The first kappa shape index (κ1) is 10.1. The van der Waals surface area contributed by atoms with Crippen LogP contribution in [0.2, 0.25) is 0 Å². The van der Waals surface area contributed by atoms with Crippen molar-refractivity contribution < 1.29 is 9.18 Å². The lowest BCUT2D eigenvalue weighted by Crippen LogP contribution is -2.39. The molecule has 1 aliphatic carbocycles. The van der Waals surface area contributed by atoms with Gasteiger partial charge in [-0.2, -0.15) is 0 Å². The van der Waals surface area contributed by atoms with E-state index in [1.54, 1.807) is 19.1 Å². The van der Waals surface area contributed by atoms with Crippen molar-refractivity contribution >= 4 is 5.91 Å². The van der Waals surface area contributed by atoms with Gasteiger partial charge in [-0.25, -0.2) is 4.39 Å². The van der Waals surface area contributed by atoms with Crippen LogP contribution in [0.3, 0.4) is 0 Å². The highest BCUT2D eigenvalue weighted by atomic mass is 19.1. The molecule has 0 spiro atoms. The summed E-state index contributed by atoms with van der Waals surface area (Å²) in [6, 6.07) is 4.92. The summed E-state index contributed by atoms with van der Waals surface area (Å²) >= 11 is 0. The van der Waals surface area contributed by atoms with E-state index in [-0.39, 0.29) is 17.5 Å². The summed E-state index contributed by atoms with van der Waals surface area (Å²) in [5, 5.41) is 2.81. The number of hydrogen-bond donors (Lipinski definition) is 1. The summed E-state index contributed by atoms with van der Waals surface area (Å²) in [6.07, 6.45) is 3.18. The van der Waals surface area contributed by atoms with Gasteiger partial charge in [0.25, 0.3) is 5.91 Å². The largest absolute Gasteiger partial charge is 0.349 e. The first-order chi connectivity index (χ1) is 7.16. The van der Waals surface area contributed by atoms with Gasteiger partial charge in [-0.3, -0.25) is 4.79 Å². The first-order valence-electron chi connectivity index (χ1n) is 5.24. The van der Waals surface area contributed by atoms with E-state index in [1.807, 2.05) is 0 Å². The Hall–Kier alpha value is -1.38. The summed E-state index contributed by atoms with van der Waals surface area (Å²) in [5.74, 6) is -0.732. The average molecular weight is 207 g/mol. The molecule has 0 heterocycles. The SMILES string of the molecule is Cc1ccc(C(=O)NC2CCC2)c(F)c1. The summed E-state index contributed by atoms with van der Waals surface area (Å²) in [6.45, 7) is 1.80. The van der Waals surface area contributed by atoms with E-state index >= 15 is 0 Å². The van der Waals surface area contributed by atoms with Crippen molar-refractivity contribution in [3.63, 3.8) is 0 Å². The van der Waals surface area contributed by atoms with Crippen LogP contribution in [0.25, 0.3) is 0 Å². The predicted octanol–water partition coefficient (Wildman–Crippen LogP) is 2.42. The van der Waals surface area contributed by atoms with Crippen LogP contribution in [-0.4, -0.2) is 11.9 Å². The fourth-order valence-electron chi connectivity index (χ4n) is 1.62. The van der Waals surface area contributed by atoms with Gasteiger partial charge in [0.2, 0.25) is 0 Å². The van der Waals surface area contributed by atoms with Crippen LogP contribution in [0.5, 0.6) is 0 Å². The van der Waals surface area contributed by atoms with Crippen LogP contribution in [0.15, 0.2) is 18.2 Å². The van der Waals surface area contributed by atoms with Crippen LogP contribution < -0.4 is 5.32 Å². The van der Waals surface area contributed by atoms with Gasteiger partial charge < -0.3 is 5.32 Å². The molecule has 0 bridgehead atoms. The Balaban J connectivity index is 2.10. The third-order valence-corrected chi connectivity index (χ3v) is 2.81. The molecular weight excluding hydrogens is 193 g/mol. The minimum atomic E-state index is -0.438. The molecular formula is C12H14FNO. The van der Waals surface area contributed by atoms with E-state index < -0.39 is 5.82 Å². The van der Waals surface area contributed by atoms with Gasteiger partial charge in [-0.1, -0.05) is 6.07 Å². The monoisotopic (exact) mass is 207 g/mol. The molecule has 15 heavy (non-hydrogen) atoms. The Bertz CT molecular complexity index is 385. The normalized spacial score (nSPS) is 15.9. The number of carbonyl (C=O) groups excluding carboxylic acids is 1. The molecule has 0 aliphatic heterocycles. The van der Waals surface area contributed by atoms with Crippen molar-refractivity contribution in [1.82, 2.24) is 5.32 Å². The third-order valence-electron chi connectivity index (χ3n) is 2.81. The fraction of sp³-hybridized carbons (Fsp3) is 0.417. The third kappa shape index (κ3) is 2.17. The Labute approximate surface area is 88.5 Å². The molecule has 0 aromatic heterocycles. The van der Waals surface area contributed by atoms with Crippen molar-refractivity contribution in [3.05, 3.63) is 35.1 Å². The van der Waals surface area contributed by atoms with E-state index in [1.165, 1.54) is 6.07 Å². The van der Waals surface area contributed by atoms with Crippen LogP contribution in [0.4, 0.5) is 4.39 Å². The number of carbonyl (C=O) groups is 1. The number of aryl methyl sites for hydroxylation is 1. The topological polar surface area (TPSA) is 29.1 Å². The molecule has 0 unspecified atom stereocenters. The zero-order chi connectivity index (χ0) is 10.8. The minimum absolute atomic E-state index is 0.146. The molecule has 1 aromatic rings. The van der Waals surface area contributed by atoms with Crippen LogP contribution in [-0.2, 0) is 0 Å². The Morgan fingerprint density at radius 3 is 2.73 bits per heavy atom. The molecule has 0 radical (unpaired) electrons. The summed E-state index contributed by atoms with van der Waals surface area (Å²) in [4.78, 5) is 11.6. The van der Waals surface area contributed by atoms with Crippen molar-refractivity contribution in [2.45, 2.75) is 32.2 Å². The number of amides is 1. The maximum absolute atomic E-state index is 13.4. The Morgan fingerprint density at radius 2 is 2.20 bits per heavy atom. The van der Waals surface area contributed by atoms with Gasteiger partial charge in [0.15, 0.2) is 0 Å². The van der Waals surface area contributed by atoms with Crippen molar-refractivity contribution in [2.75, 3.05) is 0 Å². The average Bonchev–Trinajstić information content (AvgIpc) is 2.11. The second-order valence-electron chi connectivity index (χ2n) is 4.08. The quantitative estimate of drug-likeness (QED) is 0.792. The molecule has 1 fully saturated rings. The fourth-order valence-corrected chi connectivity index (χ4v) is 1.62. The second-order valence-corrected chi connectivity index (χ2v) is 4.08. The van der Waals surface area contributed by atoms with Gasteiger partial charge in [-0.05, 0) is 43.9 Å². The van der Waals surface area contributed by atoms with Crippen molar-refractivity contribution in [3.8, 4) is 0 Å². The van der Waals surface area contributed by atoms with Gasteiger partial charge in [-0.15, -0.1) is 0 Å². The molecule has 0 saturated heterocycles. The number of benzene rings is 1. The van der Waals surface area contributed by atoms with Crippen LogP contribution in [0.1, 0.15) is 35.2 Å². The van der Waals surface area contributed by atoms with E-state index in [9.17, 15) is 9.18 Å². The highest BCUT2D eigenvalue weighted by molar-refractivity contribution is 5.94. The maximum atomic E-state index is 13.4. The van der Waals surface area contributed by atoms with E-state index in [4.69, 9.17) is 0 Å². The number of halogens is 1. The zero-order valence-corrected chi connectivity index (χ0v) is 8.72. The first-order valence-corrected chi connectivity index (χ1v) is 5.24. The molecule has 1 saturated carbocycles. The van der Waals surface area contributed by atoms with E-state index in [2.05, 4.69) is 5.32 Å². The van der Waals surface area contributed by atoms with Crippen molar-refractivity contribution in [1.29, 1.82) is 0 Å². The molecule has 80 valence electrons. The van der Waals surface area contributed by atoms with Gasteiger partial charge in [0.1, 0.15) is 5.82 Å². The van der Waals surface area contributed by atoms with Crippen LogP contribution in [0, 0.1) is 12.7 Å². The smallest absolute Gasteiger partial charge is 0.254 e. The summed E-state index contributed by atoms with van der Waals surface area (Å²) in [7, 11) is 0. The number of rotatable bonds is 2. The molecule has 3 heteroatoms. The number of hydrogen-bond acceptors (Lipinski definition) is 1. The van der Waals surface area contributed by atoms with E-state index in [0.29, 0.717) is 0 Å². The lowest BCUT2D eigenvalue weighted by atomic mass is 9.93. The molecule has 2 nitrogen and oxygen atoms in total. The van der Waals surface area contributed by atoms with E-state index in [0.717, 1.165) is 24.8 Å². The summed E-state index contributed by atoms with van der Waals surface area (Å²) in [5.41, 5.74) is 0.972. The van der Waals surface area contributed by atoms with Gasteiger partial charge in [0, 0.05) is 6.04 Å². The molecule has 2 rings (SSSR count). The lowest BCUT2D eigenvalue weighted by molar-refractivity contribution is 0.0913. The highest BCUT2D eigenvalue weighted by Gasteiger charge is 2.21. The highest BCUT2D eigenvalue weighted by Crippen LogP contribution is 2.19.